The number of halogens is 1. The van der Waals surface area contributed by atoms with E-state index in [1.807, 2.05) is 18.2 Å². The van der Waals surface area contributed by atoms with Crippen LogP contribution in [0, 0.1) is 13.8 Å². The fraction of sp³-hybridized carbons (Fsp3) is 0.222. The van der Waals surface area contributed by atoms with E-state index in [9.17, 15) is 0 Å². The van der Waals surface area contributed by atoms with E-state index in [0.717, 1.165) is 22.9 Å². The third kappa shape index (κ3) is 2.52. The Kier molecular flexibility index (Phi) is 3.64. The maximum Gasteiger partial charge on any atom is 0.161 e. The average molecular weight is 297 g/mol. The van der Waals surface area contributed by atoms with Crippen molar-refractivity contribution in [3.05, 3.63) is 58.2 Å². The number of aryl methyl sites for hydroxylation is 3. The van der Waals surface area contributed by atoms with Gasteiger partial charge in [0.05, 0.1) is 5.52 Å². The first kappa shape index (κ1) is 14.0. The molecule has 0 radical (unpaired) electrons. The van der Waals surface area contributed by atoms with Gasteiger partial charge in [-0.3, -0.25) is 0 Å². The number of nitrogens with zero attached hydrogens (tertiary/aromatic N) is 2. The average Bonchev–Trinajstić information content (AvgIpc) is 2.49. The van der Waals surface area contributed by atoms with Crippen LogP contribution in [0.3, 0.4) is 0 Å². The van der Waals surface area contributed by atoms with Crippen molar-refractivity contribution in [2.75, 3.05) is 0 Å². The van der Waals surface area contributed by atoms with Gasteiger partial charge >= 0.3 is 0 Å². The number of hydrogen-bond donors (Lipinski definition) is 0. The zero-order valence-electron chi connectivity index (χ0n) is 12.4. The second-order valence-corrected chi connectivity index (χ2v) is 5.66. The van der Waals surface area contributed by atoms with Gasteiger partial charge < -0.3 is 0 Å². The van der Waals surface area contributed by atoms with E-state index in [4.69, 9.17) is 16.6 Å². The van der Waals surface area contributed by atoms with E-state index in [-0.39, 0.29) is 0 Å². The second-order valence-electron chi connectivity index (χ2n) is 5.30. The van der Waals surface area contributed by atoms with Gasteiger partial charge in [0.2, 0.25) is 0 Å². The van der Waals surface area contributed by atoms with Crippen LogP contribution in [0.1, 0.15) is 23.6 Å². The van der Waals surface area contributed by atoms with Crippen LogP contribution >= 0.6 is 11.6 Å². The molecule has 0 aliphatic carbocycles. The molecule has 0 N–H and O–H groups in total. The lowest BCUT2D eigenvalue weighted by molar-refractivity contribution is 1.13. The van der Waals surface area contributed by atoms with Crippen molar-refractivity contribution in [3.8, 4) is 11.4 Å². The Morgan fingerprint density at radius 3 is 2.52 bits per heavy atom. The van der Waals surface area contributed by atoms with E-state index < -0.39 is 0 Å². The maximum atomic E-state index is 6.36. The van der Waals surface area contributed by atoms with Gasteiger partial charge in [0.15, 0.2) is 5.82 Å². The van der Waals surface area contributed by atoms with Crippen LogP contribution in [-0.2, 0) is 6.42 Å². The fourth-order valence-electron chi connectivity index (χ4n) is 2.47. The van der Waals surface area contributed by atoms with Crippen LogP contribution in [0.4, 0.5) is 0 Å². The minimum atomic E-state index is 0.517. The topological polar surface area (TPSA) is 25.8 Å². The zero-order chi connectivity index (χ0) is 15.0. The summed E-state index contributed by atoms with van der Waals surface area (Å²) in [6.45, 7) is 6.32. The second kappa shape index (κ2) is 5.45. The molecule has 1 heterocycles. The molecule has 0 aliphatic heterocycles. The van der Waals surface area contributed by atoms with Crippen LogP contribution in [-0.4, -0.2) is 9.97 Å². The summed E-state index contributed by atoms with van der Waals surface area (Å²) in [6, 6.07) is 12.3. The molecule has 0 amide bonds. The van der Waals surface area contributed by atoms with Gasteiger partial charge in [-0.05, 0) is 49.1 Å². The Bertz CT molecular complexity index is 825. The molecule has 0 unspecified atom stereocenters. The Morgan fingerprint density at radius 2 is 1.81 bits per heavy atom. The number of rotatable bonds is 2. The molecular formula is C18H17ClN2. The first-order valence-electron chi connectivity index (χ1n) is 7.13. The molecule has 21 heavy (non-hydrogen) atoms. The molecule has 0 spiro atoms. The summed E-state index contributed by atoms with van der Waals surface area (Å²) in [5.41, 5.74) is 5.65. The van der Waals surface area contributed by atoms with Crippen molar-refractivity contribution in [2.24, 2.45) is 0 Å². The summed E-state index contributed by atoms with van der Waals surface area (Å²) in [4.78, 5) is 9.22. The molecule has 3 aromatic rings. The SMILES string of the molecule is CCc1cccc2c(Cl)nc(-c3ccc(C)c(C)c3)nc12. The number of aromatic nitrogens is 2. The van der Waals surface area contributed by atoms with Crippen molar-refractivity contribution >= 4 is 22.5 Å². The molecular weight excluding hydrogens is 280 g/mol. The Labute approximate surface area is 129 Å². The normalized spacial score (nSPS) is 11.0. The number of fused-ring (bicyclic) bond motifs is 1. The molecule has 2 nitrogen and oxygen atoms in total. The molecule has 3 heteroatoms. The highest BCUT2D eigenvalue weighted by Gasteiger charge is 2.10. The molecule has 0 saturated heterocycles. The van der Waals surface area contributed by atoms with E-state index in [0.29, 0.717) is 11.0 Å². The highest BCUT2D eigenvalue weighted by Crippen LogP contribution is 2.28. The summed E-state index contributed by atoms with van der Waals surface area (Å²) in [5, 5.41) is 1.44. The Balaban J connectivity index is 2.26. The lowest BCUT2D eigenvalue weighted by Gasteiger charge is -2.09. The van der Waals surface area contributed by atoms with Gasteiger partial charge in [-0.1, -0.05) is 42.8 Å². The minimum Gasteiger partial charge on any atom is -0.228 e. The van der Waals surface area contributed by atoms with Crippen LogP contribution in [0.25, 0.3) is 22.3 Å². The molecule has 1 aromatic heterocycles. The van der Waals surface area contributed by atoms with E-state index in [2.05, 4.69) is 44.0 Å². The van der Waals surface area contributed by atoms with Gasteiger partial charge in [-0.2, -0.15) is 0 Å². The number of benzene rings is 2. The third-order valence-corrected chi connectivity index (χ3v) is 4.20. The smallest absolute Gasteiger partial charge is 0.161 e. The monoisotopic (exact) mass is 296 g/mol. The number of hydrogen-bond acceptors (Lipinski definition) is 2. The minimum absolute atomic E-state index is 0.517. The lowest BCUT2D eigenvalue weighted by Crippen LogP contribution is -1.95. The molecule has 3 rings (SSSR count). The van der Waals surface area contributed by atoms with Gasteiger partial charge in [-0.25, -0.2) is 9.97 Å². The zero-order valence-corrected chi connectivity index (χ0v) is 13.2. The predicted molar refractivity (Wildman–Crippen MR) is 88.8 cm³/mol. The van der Waals surface area contributed by atoms with Crippen LogP contribution < -0.4 is 0 Å². The van der Waals surface area contributed by atoms with Crippen molar-refractivity contribution < 1.29 is 0 Å². The number of para-hydroxylation sites is 1. The summed E-state index contributed by atoms with van der Waals surface area (Å²) in [7, 11) is 0. The van der Waals surface area contributed by atoms with Crippen LogP contribution in [0.5, 0.6) is 0 Å². The molecule has 0 atom stereocenters. The first-order chi connectivity index (χ1) is 10.1. The van der Waals surface area contributed by atoms with Gasteiger partial charge in [0.1, 0.15) is 5.15 Å². The predicted octanol–water partition coefficient (Wildman–Crippen LogP) is 5.13. The van der Waals surface area contributed by atoms with Gasteiger partial charge in [0, 0.05) is 10.9 Å². The molecule has 0 bridgehead atoms. The van der Waals surface area contributed by atoms with Crippen molar-refractivity contribution in [1.82, 2.24) is 9.97 Å². The molecule has 106 valence electrons. The first-order valence-corrected chi connectivity index (χ1v) is 7.50. The molecule has 0 fully saturated rings. The standard InChI is InChI=1S/C18H17ClN2/c1-4-13-6-5-7-15-16(13)20-18(21-17(15)19)14-9-8-11(2)12(3)10-14/h5-10H,4H2,1-3H3. The largest absolute Gasteiger partial charge is 0.228 e. The fourth-order valence-corrected chi connectivity index (χ4v) is 2.70. The molecule has 0 saturated carbocycles. The quantitative estimate of drug-likeness (QED) is 0.613. The highest BCUT2D eigenvalue weighted by atomic mass is 35.5. The summed E-state index contributed by atoms with van der Waals surface area (Å²) >= 11 is 6.36. The van der Waals surface area contributed by atoms with Crippen molar-refractivity contribution in [2.45, 2.75) is 27.2 Å². The summed E-state index contributed by atoms with van der Waals surface area (Å²) in [6.07, 6.45) is 0.928. The van der Waals surface area contributed by atoms with Crippen LogP contribution in [0.2, 0.25) is 5.15 Å². The van der Waals surface area contributed by atoms with Gasteiger partial charge in [0.25, 0.3) is 0 Å². The third-order valence-electron chi connectivity index (χ3n) is 3.91. The molecule has 0 aliphatic rings. The lowest BCUT2D eigenvalue weighted by atomic mass is 10.1. The van der Waals surface area contributed by atoms with E-state index in [1.54, 1.807) is 0 Å². The Morgan fingerprint density at radius 1 is 1.00 bits per heavy atom. The summed E-state index contributed by atoms with van der Waals surface area (Å²) < 4.78 is 0. The van der Waals surface area contributed by atoms with Crippen molar-refractivity contribution in [3.63, 3.8) is 0 Å². The molecule has 2 aromatic carbocycles. The summed E-state index contributed by atoms with van der Waals surface area (Å²) in [5.74, 6) is 0.691. The van der Waals surface area contributed by atoms with Crippen molar-refractivity contribution in [1.29, 1.82) is 0 Å². The Hall–Kier alpha value is -1.93. The van der Waals surface area contributed by atoms with Crippen LogP contribution in [0.15, 0.2) is 36.4 Å². The highest BCUT2D eigenvalue weighted by molar-refractivity contribution is 6.34. The maximum absolute atomic E-state index is 6.36. The van der Waals surface area contributed by atoms with E-state index >= 15 is 0 Å². The van der Waals surface area contributed by atoms with E-state index in [1.165, 1.54) is 16.7 Å². The van der Waals surface area contributed by atoms with Gasteiger partial charge in [-0.15, -0.1) is 0 Å².